The largest absolute Gasteiger partial charge is 0.332 e. The summed E-state index contributed by atoms with van der Waals surface area (Å²) < 4.78 is 29.0. The first-order valence-electron chi connectivity index (χ1n) is 9.23. The molecule has 0 aliphatic rings. The first-order valence-corrected chi connectivity index (χ1v) is 11.9. The molecule has 160 valence electrons. The van der Waals surface area contributed by atoms with Crippen molar-refractivity contribution in [3.63, 3.8) is 0 Å². The molecule has 3 aromatic rings. The van der Waals surface area contributed by atoms with Crippen LogP contribution < -0.4 is 15.4 Å². The van der Waals surface area contributed by atoms with Crippen LogP contribution in [0.1, 0.15) is 21.5 Å². The molecule has 3 N–H and O–H groups in total. The van der Waals surface area contributed by atoms with Gasteiger partial charge in [0, 0.05) is 15.7 Å². The number of nitrogens with one attached hydrogen (secondary N) is 3. The summed E-state index contributed by atoms with van der Waals surface area (Å²) >= 11 is 8.49. The first kappa shape index (κ1) is 22.9. The summed E-state index contributed by atoms with van der Waals surface area (Å²) in [5.74, 6) is -0.345. The Morgan fingerprint density at radius 1 is 0.903 bits per heavy atom. The number of sulfonamides is 1. The molecule has 31 heavy (non-hydrogen) atoms. The molecule has 9 heteroatoms. The second-order valence-corrected chi connectivity index (χ2v) is 9.82. The van der Waals surface area contributed by atoms with Gasteiger partial charge >= 0.3 is 0 Å². The Morgan fingerprint density at radius 2 is 1.48 bits per heavy atom. The second-order valence-electron chi connectivity index (χ2n) is 6.81. The quantitative estimate of drug-likeness (QED) is 0.414. The van der Waals surface area contributed by atoms with Crippen LogP contribution in [0, 0.1) is 13.8 Å². The lowest BCUT2D eigenvalue weighted by Crippen LogP contribution is -2.34. The number of hydrogen-bond acceptors (Lipinski definition) is 4. The molecule has 0 heterocycles. The van der Waals surface area contributed by atoms with Crippen molar-refractivity contribution in [1.29, 1.82) is 0 Å². The fourth-order valence-electron chi connectivity index (χ4n) is 2.83. The van der Waals surface area contributed by atoms with E-state index in [0.717, 1.165) is 15.6 Å². The number of aryl methyl sites for hydroxylation is 2. The second kappa shape index (κ2) is 9.59. The lowest BCUT2D eigenvalue weighted by molar-refractivity contribution is 0.0977. The topological polar surface area (TPSA) is 87.3 Å². The molecule has 0 bridgehead atoms. The molecule has 0 spiro atoms. The standard InChI is InChI=1S/C22H20BrN3O3S2/c1-14-4-3-5-15(2)20(14)26-31(28,29)19-12-10-18(11-13-19)24-22(30)25-21(27)16-6-8-17(23)9-7-16/h3-13,26H,1-2H3,(H2,24,25,27,30). The summed E-state index contributed by atoms with van der Waals surface area (Å²) in [7, 11) is -3.75. The lowest BCUT2D eigenvalue weighted by Gasteiger charge is -2.14. The van der Waals surface area contributed by atoms with E-state index in [1.165, 1.54) is 12.1 Å². The van der Waals surface area contributed by atoms with Crippen LogP contribution in [0.4, 0.5) is 11.4 Å². The Hall–Kier alpha value is -2.75. The van der Waals surface area contributed by atoms with E-state index in [4.69, 9.17) is 12.2 Å². The smallest absolute Gasteiger partial charge is 0.261 e. The van der Waals surface area contributed by atoms with Crippen molar-refractivity contribution in [2.75, 3.05) is 10.0 Å². The molecular weight excluding hydrogens is 498 g/mol. The van der Waals surface area contributed by atoms with Crippen LogP contribution in [0.5, 0.6) is 0 Å². The van der Waals surface area contributed by atoms with E-state index in [1.807, 2.05) is 32.0 Å². The van der Waals surface area contributed by atoms with Crippen molar-refractivity contribution < 1.29 is 13.2 Å². The number of carbonyl (C=O) groups is 1. The number of benzene rings is 3. The highest BCUT2D eigenvalue weighted by Gasteiger charge is 2.16. The van der Waals surface area contributed by atoms with Gasteiger partial charge in [0.2, 0.25) is 0 Å². The van der Waals surface area contributed by atoms with Gasteiger partial charge in [-0.15, -0.1) is 0 Å². The normalized spacial score (nSPS) is 10.9. The minimum Gasteiger partial charge on any atom is -0.332 e. The van der Waals surface area contributed by atoms with Crippen LogP contribution in [0.25, 0.3) is 0 Å². The van der Waals surface area contributed by atoms with Gasteiger partial charge in [-0.1, -0.05) is 34.1 Å². The molecule has 3 rings (SSSR count). The zero-order valence-corrected chi connectivity index (χ0v) is 20.0. The number of hydrogen-bond donors (Lipinski definition) is 3. The summed E-state index contributed by atoms with van der Waals surface area (Å²) in [6.07, 6.45) is 0. The van der Waals surface area contributed by atoms with E-state index in [0.29, 0.717) is 16.9 Å². The maximum absolute atomic E-state index is 12.7. The molecule has 0 atom stereocenters. The highest BCUT2D eigenvalue weighted by atomic mass is 79.9. The van der Waals surface area contributed by atoms with E-state index < -0.39 is 10.0 Å². The zero-order chi connectivity index (χ0) is 22.6. The van der Waals surface area contributed by atoms with Gasteiger partial charge in [0.15, 0.2) is 5.11 Å². The number of carbonyl (C=O) groups excluding carboxylic acids is 1. The van der Waals surface area contributed by atoms with Crippen molar-refractivity contribution in [1.82, 2.24) is 5.32 Å². The average molecular weight is 518 g/mol. The number of anilines is 2. The molecule has 3 aromatic carbocycles. The summed E-state index contributed by atoms with van der Waals surface area (Å²) in [5, 5.41) is 5.57. The molecule has 0 aromatic heterocycles. The molecule has 0 saturated carbocycles. The van der Waals surface area contributed by atoms with Gasteiger partial charge in [-0.3, -0.25) is 14.8 Å². The van der Waals surface area contributed by atoms with Gasteiger partial charge in [0.1, 0.15) is 0 Å². The van der Waals surface area contributed by atoms with Crippen molar-refractivity contribution in [2.24, 2.45) is 0 Å². The molecule has 0 radical (unpaired) electrons. The molecule has 0 unspecified atom stereocenters. The Morgan fingerprint density at radius 3 is 2.06 bits per heavy atom. The summed E-state index contributed by atoms with van der Waals surface area (Å²) in [4.78, 5) is 12.3. The van der Waals surface area contributed by atoms with Crippen LogP contribution in [0.15, 0.2) is 76.1 Å². The van der Waals surface area contributed by atoms with Crippen LogP contribution in [0.3, 0.4) is 0 Å². The predicted octanol–water partition coefficient (Wildman–Crippen LogP) is 4.99. The maximum Gasteiger partial charge on any atom is 0.261 e. The lowest BCUT2D eigenvalue weighted by atomic mass is 10.1. The van der Waals surface area contributed by atoms with Crippen LogP contribution in [-0.4, -0.2) is 19.4 Å². The summed E-state index contributed by atoms with van der Waals surface area (Å²) in [6.45, 7) is 3.70. The Balaban J connectivity index is 1.66. The maximum atomic E-state index is 12.7. The Bertz CT molecular complexity index is 1210. The first-order chi connectivity index (χ1) is 14.7. The molecule has 0 fully saturated rings. The van der Waals surface area contributed by atoms with Crippen LogP contribution >= 0.6 is 28.1 Å². The third-order valence-corrected chi connectivity index (χ3v) is 6.57. The molecule has 0 saturated heterocycles. The number of rotatable bonds is 5. The Kier molecular flexibility index (Phi) is 7.09. The number of thiocarbonyl (C=S) groups is 1. The Labute approximate surface area is 195 Å². The molecule has 1 amide bonds. The molecule has 0 aliphatic heterocycles. The van der Waals surface area contributed by atoms with Gasteiger partial charge in [-0.05, 0) is 85.7 Å². The number of amides is 1. The fraction of sp³-hybridized carbons (Fsp3) is 0.0909. The third-order valence-electron chi connectivity index (χ3n) is 4.47. The SMILES string of the molecule is Cc1cccc(C)c1NS(=O)(=O)c1ccc(NC(=S)NC(=O)c2ccc(Br)cc2)cc1. The van der Waals surface area contributed by atoms with Crippen molar-refractivity contribution in [3.05, 3.63) is 87.9 Å². The van der Waals surface area contributed by atoms with Crippen LogP contribution in [0.2, 0.25) is 0 Å². The van der Waals surface area contributed by atoms with Gasteiger partial charge in [-0.2, -0.15) is 0 Å². The highest BCUT2D eigenvalue weighted by molar-refractivity contribution is 9.10. The van der Waals surface area contributed by atoms with E-state index in [-0.39, 0.29) is 15.9 Å². The fourth-order valence-corrected chi connectivity index (χ4v) is 4.50. The van der Waals surface area contributed by atoms with Gasteiger partial charge in [0.25, 0.3) is 15.9 Å². The minimum absolute atomic E-state index is 0.109. The molecular formula is C22H20BrN3O3S2. The summed E-state index contributed by atoms with van der Waals surface area (Å²) in [6, 6.07) is 18.5. The molecule has 0 aliphatic carbocycles. The summed E-state index contributed by atoms with van der Waals surface area (Å²) in [5.41, 5.74) is 3.27. The average Bonchev–Trinajstić information content (AvgIpc) is 2.71. The van der Waals surface area contributed by atoms with Gasteiger partial charge < -0.3 is 5.32 Å². The van der Waals surface area contributed by atoms with Gasteiger partial charge in [0.05, 0.1) is 10.6 Å². The third kappa shape index (κ3) is 5.90. The van der Waals surface area contributed by atoms with E-state index >= 15 is 0 Å². The monoisotopic (exact) mass is 517 g/mol. The van der Waals surface area contributed by atoms with Crippen molar-refractivity contribution in [3.8, 4) is 0 Å². The van der Waals surface area contributed by atoms with Crippen molar-refractivity contribution in [2.45, 2.75) is 18.7 Å². The number of para-hydroxylation sites is 1. The number of halogens is 1. The van der Waals surface area contributed by atoms with Crippen molar-refractivity contribution >= 4 is 60.6 Å². The predicted molar refractivity (Wildman–Crippen MR) is 131 cm³/mol. The zero-order valence-electron chi connectivity index (χ0n) is 16.8. The van der Waals surface area contributed by atoms with Gasteiger partial charge in [-0.25, -0.2) is 8.42 Å². The highest BCUT2D eigenvalue weighted by Crippen LogP contribution is 2.24. The van der Waals surface area contributed by atoms with Crippen LogP contribution in [-0.2, 0) is 10.0 Å². The minimum atomic E-state index is -3.75. The van der Waals surface area contributed by atoms with E-state index in [9.17, 15) is 13.2 Å². The van der Waals surface area contributed by atoms with E-state index in [2.05, 4.69) is 31.3 Å². The molecule has 6 nitrogen and oxygen atoms in total. The van der Waals surface area contributed by atoms with E-state index in [1.54, 1.807) is 36.4 Å².